The van der Waals surface area contributed by atoms with Gasteiger partial charge < -0.3 is 9.64 Å². The standard InChI is InChI=1S/C12H22FNO2/c1-5-12(13)7-6-8-14(9-12)10(15)16-11(2,3)4/h5-9H2,1-4H3. The summed E-state index contributed by atoms with van der Waals surface area (Å²) in [7, 11) is 0. The molecule has 0 N–H and O–H groups in total. The summed E-state index contributed by atoms with van der Waals surface area (Å²) < 4.78 is 19.3. The first-order valence-electron chi connectivity index (χ1n) is 5.93. The molecule has 1 heterocycles. The van der Waals surface area contributed by atoms with Gasteiger partial charge in [-0.1, -0.05) is 6.92 Å². The minimum Gasteiger partial charge on any atom is -0.444 e. The van der Waals surface area contributed by atoms with Crippen LogP contribution in [-0.2, 0) is 4.74 Å². The van der Waals surface area contributed by atoms with Crippen molar-refractivity contribution in [3.05, 3.63) is 0 Å². The summed E-state index contributed by atoms with van der Waals surface area (Å²) in [5.74, 6) is 0. The molecule has 0 saturated carbocycles. The Bertz CT molecular complexity index is 262. The third-order valence-electron chi connectivity index (χ3n) is 2.81. The van der Waals surface area contributed by atoms with E-state index in [9.17, 15) is 9.18 Å². The smallest absolute Gasteiger partial charge is 0.410 e. The van der Waals surface area contributed by atoms with E-state index in [2.05, 4.69) is 0 Å². The van der Waals surface area contributed by atoms with Crippen molar-refractivity contribution in [1.29, 1.82) is 0 Å². The first-order valence-corrected chi connectivity index (χ1v) is 5.93. The topological polar surface area (TPSA) is 29.5 Å². The molecule has 1 saturated heterocycles. The monoisotopic (exact) mass is 231 g/mol. The molecule has 0 spiro atoms. The molecule has 3 nitrogen and oxygen atoms in total. The molecule has 1 atom stereocenters. The first-order chi connectivity index (χ1) is 7.26. The number of likely N-dealkylation sites (tertiary alicyclic amines) is 1. The van der Waals surface area contributed by atoms with Crippen LogP contribution < -0.4 is 0 Å². The quantitative estimate of drug-likeness (QED) is 0.694. The van der Waals surface area contributed by atoms with Crippen LogP contribution in [0.2, 0.25) is 0 Å². The zero-order chi connectivity index (χ0) is 12.4. The second-order valence-corrected chi connectivity index (χ2v) is 5.51. The lowest BCUT2D eigenvalue weighted by molar-refractivity contribution is -0.00625. The molecular formula is C12H22FNO2. The molecule has 0 aromatic rings. The van der Waals surface area contributed by atoms with E-state index in [0.717, 1.165) is 0 Å². The summed E-state index contributed by atoms with van der Waals surface area (Å²) >= 11 is 0. The molecule has 0 aliphatic carbocycles. The number of carbonyl (C=O) groups is 1. The lowest BCUT2D eigenvalue weighted by Crippen LogP contribution is -2.49. The van der Waals surface area contributed by atoms with Gasteiger partial charge in [0.05, 0.1) is 6.54 Å². The molecular weight excluding hydrogens is 209 g/mol. The Kier molecular flexibility index (Phi) is 3.81. The molecule has 1 amide bonds. The van der Waals surface area contributed by atoms with Crippen LogP contribution in [0.1, 0.15) is 47.0 Å². The molecule has 1 fully saturated rings. The van der Waals surface area contributed by atoms with Gasteiger partial charge in [-0.05, 0) is 40.0 Å². The van der Waals surface area contributed by atoms with Crippen molar-refractivity contribution in [3.63, 3.8) is 0 Å². The fraction of sp³-hybridized carbons (Fsp3) is 0.917. The third-order valence-corrected chi connectivity index (χ3v) is 2.81. The number of carbonyl (C=O) groups excluding carboxylic acids is 1. The second-order valence-electron chi connectivity index (χ2n) is 5.51. The van der Waals surface area contributed by atoms with E-state index in [1.54, 1.807) is 0 Å². The molecule has 94 valence electrons. The summed E-state index contributed by atoms with van der Waals surface area (Å²) in [6.07, 6.45) is 1.31. The Morgan fingerprint density at radius 2 is 2.12 bits per heavy atom. The number of ether oxygens (including phenoxy) is 1. The number of alkyl halides is 1. The molecule has 0 bridgehead atoms. The number of piperidine rings is 1. The van der Waals surface area contributed by atoms with Gasteiger partial charge in [-0.25, -0.2) is 9.18 Å². The number of nitrogens with zero attached hydrogens (tertiary/aromatic N) is 1. The van der Waals surface area contributed by atoms with Gasteiger partial charge in [-0.15, -0.1) is 0 Å². The Balaban J connectivity index is 2.57. The Morgan fingerprint density at radius 3 is 2.62 bits per heavy atom. The summed E-state index contributed by atoms with van der Waals surface area (Å²) in [4.78, 5) is 13.2. The van der Waals surface area contributed by atoms with Gasteiger partial charge in [0.15, 0.2) is 0 Å². The minimum atomic E-state index is -1.23. The lowest BCUT2D eigenvalue weighted by atomic mass is 9.92. The molecule has 1 rings (SSSR count). The minimum absolute atomic E-state index is 0.165. The molecule has 0 radical (unpaired) electrons. The fourth-order valence-corrected chi connectivity index (χ4v) is 1.86. The van der Waals surface area contributed by atoms with Crippen LogP contribution in [-0.4, -0.2) is 35.4 Å². The number of halogens is 1. The van der Waals surface area contributed by atoms with Crippen LogP contribution in [0.4, 0.5) is 9.18 Å². The van der Waals surface area contributed by atoms with Crippen LogP contribution >= 0.6 is 0 Å². The summed E-state index contributed by atoms with van der Waals surface area (Å²) in [5, 5.41) is 0. The number of hydrogen-bond acceptors (Lipinski definition) is 2. The summed E-state index contributed by atoms with van der Waals surface area (Å²) in [6, 6.07) is 0. The highest BCUT2D eigenvalue weighted by atomic mass is 19.1. The maximum Gasteiger partial charge on any atom is 0.410 e. The van der Waals surface area contributed by atoms with Crippen molar-refractivity contribution in [2.45, 2.75) is 58.2 Å². The average Bonchev–Trinajstić information content (AvgIpc) is 2.15. The number of amides is 1. The van der Waals surface area contributed by atoms with Gasteiger partial charge >= 0.3 is 6.09 Å². The SMILES string of the molecule is CCC1(F)CCCN(C(=O)OC(C)(C)C)C1. The van der Waals surface area contributed by atoms with Gasteiger partial charge in [0.1, 0.15) is 11.3 Å². The fourth-order valence-electron chi connectivity index (χ4n) is 1.86. The van der Waals surface area contributed by atoms with Crippen LogP contribution in [0.25, 0.3) is 0 Å². The van der Waals surface area contributed by atoms with Crippen LogP contribution in [0.5, 0.6) is 0 Å². The van der Waals surface area contributed by atoms with Crippen molar-refractivity contribution >= 4 is 6.09 Å². The highest BCUT2D eigenvalue weighted by Crippen LogP contribution is 2.29. The second kappa shape index (κ2) is 4.60. The first kappa shape index (κ1) is 13.3. The molecule has 0 aromatic carbocycles. The average molecular weight is 231 g/mol. The van der Waals surface area contributed by atoms with E-state index in [1.165, 1.54) is 4.90 Å². The van der Waals surface area contributed by atoms with Crippen molar-refractivity contribution in [2.24, 2.45) is 0 Å². The predicted molar refractivity (Wildman–Crippen MR) is 61.2 cm³/mol. The molecule has 1 aliphatic rings. The molecule has 1 unspecified atom stereocenters. The van der Waals surface area contributed by atoms with E-state index < -0.39 is 17.4 Å². The normalized spacial score (nSPS) is 26.7. The largest absolute Gasteiger partial charge is 0.444 e. The predicted octanol–water partition coefficient (Wildman–Crippen LogP) is 3.14. The highest BCUT2D eigenvalue weighted by Gasteiger charge is 2.37. The van der Waals surface area contributed by atoms with Gasteiger partial charge in [0.2, 0.25) is 0 Å². The molecule has 16 heavy (non-hydrogen) atoms. The van der Waals surface area contributed by atoms with E-state index in [-0.39, 0.29) is 6.54 Å². The van der Waals surface area contributed by atoms with Crippen molar-refractivity contribution in [1.82, 2.24) is 4.90 Å². The van der Waals surface area contributed by atoms with E-state index in [4.69, 9.17) is 4.74 Å². The van der Waals surface area contributed by atoms with Crippen molar-refractivity contribution in [2.75, 3.05) is 13.1 Å². The van der Waals surface area contributed by atoms with E-state index >= 15 is 0 Å². The van der Waals surface area contributed by atoms with Gasteiger partial charge in [0, 0.05) is 6.54 Å². The van der Waals surface area contributed by atoms with Crippen molar-refractivity contribution < 1.29 is 13.9 Å². The zero-order valence-electron chi connectivity index (χ0n) is 10.7. The highest BCUT2D eigenvalue weighted by molar-refractivity contribution is 5.68. The van der Waals surface area contributed by atoms with Crippen LogP contribution in [0.15, 0.2) is 0 Å². The van der Waals surface area contributed by atoms with Crippen LogP contribution in [0.3, 0.4) is 0 Å². The molecule has 1 aliphatic heterocycles. The Labute approximate surface area is 96.9 Å². The summed E-state index contributed by atoms with van der Waals surface area (Å²) in [6.45, 7) is 8.03. The number of rotatable bonds is 1. The lowest BCUT2D eigenvalue weighted by Gasteiger charge is -2.37. The molecule has 0 aromatic heterocycles. The third kappa shape index (κ3) is 3.65. The maximum absolute atomic E-state index is 14.1. The van der Waals surface area contributed by atoms with Crippen molar-refractivity contribution in [3.8, 4) is 0 Å². The zero-order valence-corrected chi connectivity index (χ0v) is 10.7. The van der Waals surface area contributed by atoms with Gasteiger partial charge in [-0.3, -0.25) is 0 Å². The van der Waals surface area contributed by atoms with E-state index in [0.29, 0.717) is 25.8 Å². The summed E-state index contributed by atoms with van der Waals surface area (Å²) in [5.41, 5.74) is -1.74. The van der Waals surface area contributed by atoms with Crippen LogP contribution in [0, 0.1) is 0 Å². The van der Waals surface area contributed by atoms with Gasteiger partial charge in [0.25, 0.3) is 0 Å². The van der Waals surface area contributed by atoms with E-state index in [1.807, 2.05) is 27.7 Å². The number of hydrogen-bond donors (Lipinski definition) is 0. The Hall–Kier alpha value is -0.800. The Morgan fingerprint density at radius 1 is 1.50 bits per heavy atom. The molecule has 4 heteroatoms. The van der Waals surface area contributed by atoms with Gasteiger partial charge in [-0.2, -0.15) is 0 Å². The maximum atomic E-state index is 14.1.